The number of piperidine rings is 1. The third kappa shape index (κ3) is 8.68. The van der Waals surface area contributed by atoms with Gasteiger partial charge in [-0.25, -0.2) is 18.2 Å². The van der Waals surface area contributed by atoms with Crippen LogP contribution < -0.4 is 10.6 Å². The number of aliphatic hydroxyl groups excluding tert-OH is 1. The Hall–Kier alpha value is -3.46. The number of anilines is 1. The maximum absolute atomic E-state index is 14.2. The Morgan fingerprint density at radius 3 is 2.45 bits per heavy atom. The minimum atomic E-state index is -4.55. The molecule has 4 aromatic rings. The van der Waals surface area contributed by atoms with Gasteiger partial charge in [-0.15, -0.1) is 11.8 Å². The van der Waals surface area contributed by atoms with Crippen LogP contribution >= 0.6 is 11.8 Å². The molecule has 3 aromatic heterocycles. The fourth-order valence-corrected chi connectivity index (χ4v) is 9.89. The van der Waals surface area contributed by atoms with E-state index in [4.69, 9.17) is 14.8 Å². The predicted octanol–water partition coefficient (Wildman–Crippen LogP) is 3.12. The van der Waals surface area contributed by atoms with Gasteiger partial charge in [0, 0.05) is 113 Å². The van der Waals surface area contributed by atoms with Gasteiger partial charge in [0.05, 0.1) is 48.9 Å². The minimum Gasteiger partial charge on any atom is -0.390 e. The Morgan fingerprint density at radius 1 is 1.04 bits per heavy atom. The third-order valence-corrected chi connectivity index (χ3v) is 13.3. The first-order valence-electron chi connectivity index (χ1n) is 18.9. The normalized spacial score (nSPS) is 18.8. The van der Waals surface area contributed by atoms with Crippen molar-refractivity contribution in [1.82, 2.24) is 38.0 Å². The number of ether oxygens (including phenoxy) is 1. The first-order chi connectivity index (χ1) is 26.6. The van der Waals surface area contributed by atoms with Gasteiger partial charge in [-0.2, -0.15) is 22.6 Å². The molecule has 56 heavy (non-hydrogen) atoms. The zero-order chi connectivity index (χ0) is 39.9. The van der Waals surface area contributed by atoms with E-state index in [0.29, 0.717) is 86.9 Å². The SMILES string of the molecule is CN(C)c1ccc2c(n1)n(C1CCN(CC(O)Cn3nc(-c4ccc(C(F)(F)F)c(SCCN5CCOCC5)c4)c4c3CCN(S(C)(=O)=O)C4)CC1)c(=O)n2C. The summed E-state index contributed by atoms with van der Waals surface area (Å²) in [5.41, 5.74) is 2.86. The van der Waals surface area contributed by atoms with E-state index in [2.05, 4.69) is 9.80 Å². The summed E-state index contributed by atoms with van der Waals surface area (Å²) >= 11 is 1.14. The molecule has 3 aliphatic rings. The van der Waals surface area contributed by atoms with Crippen LogP contribution in [0.2, 0.25) is 0 Å². The lowest BCUT2D eigenvalue weighted by atomic mass is 10.0. The molecular weight excluding hydrogens is 772 g/mol. The van der Waals surface area contributed by atoms with Crippen molar-refractivity contribution in [1.29, 1.82) is 0 Å². The minimum absolute atomic E-state index is 0.0338. The highest BCUT2D eigenvalue weighted by molar-refractivity contribution is 7.99. The van der Waals surface area contributed by atoms with Crippen LogP contribution in [0.25, 0.3) is 22.4 Å². The molecular formula is C37H50F3N9O5S2. The molecule has 0 radical (unpaired) electrons. The van der Waals surface area contributed by atoms with E-state index in [1.54, 1.807) is 20.9 Å². The molecule has 1 aromatic carbocycles. The van der Waals surface area contributed by atoms with E-state index in [1.165, 1.54) is 16.4 Å². The molecule has 6 heterocycles. The van der Waals surface area contributed by atoms with Gasteiger partial charge in [0.15, 0.2) is 5.65 Å². The number of morpholine rings is 1. The first kappa shape index (κ1) is 40.7. The Bertz CT molecular complexity index is 2210. The molecule has 1 unspecified atom stereocenters. The molecule has 1 atom stereocenters. The number of halogens is 3. The Labute approximate surface area is 328 Å². The fourth-order valence-electron chi connectivity index (χ4n) is 7.98. The number of benzene rings is 1. The summed E-state index contributed by atoms with van der Waals surface area (Å²) in [6.07, 6.45) is -2.50. The summed E-state index contributed by atoms with van der Waals surface area (Å²) in [5, 5.41) is 16.3. The molecule has 14 nitrogen and oxygen atoms in total. The van der Waals surface area contributed by atoms with Crippen LogP contribution in [0, 0.1) is 0 Å². The monoisotopic (exact) mass is 821 g/mol. The first-order valence-corrected chi connectivity index (χ1v) is 21.8. The quantitative estimate of drug-likeness (QED) is 0.212. The van der Waals surface area contributed by atoms with Gasteiger partial charge < -0.3 is 19.6 Å². The molecule has 0 saturated carbocycles. The van der Waals surface area contributed by atoms with Crippen molar-refractivity contribution < 1.29 is 31.4 Å². The highest BCUT2D eigenvalue weighted by atomic mass is 32.2. The number of aromatic nitrogens is 5. The highest BCUT2D eigenvalue weighted by Gasteiger charge is 2.35. The molecule has 0 aliphatic carbocycles. The third-order valence-electron chi connectivity index (χ3n) is 11.1. The van der Waals surface area contributed by atoms with Gasteiger partial charge in [0.2, 0.25) is 10.0 Å². The Balaban J connectivity index is 1.09. The summed E-state index contributed by atoms with van der Waals surface area (Å²) in [4.78, 5) is 24.4. The van der Waals surface area contributed by atoms with Gasteiger partial charge >= 0.3 is 11.9 Å². The number of fused-ring (bicyclic) bond motifs is 2. The molecule has 3 aliphatic heterocycles. The number of nitrogens with zero attached hydrogens (tertiary/aromatic N) is 9. The number of thioether (sulfide) groups is 1. The average Bonchev–Trinajstić information content (AvgIpc) is 3.64. The number of aliphatic hydroxyl groups is 1. The predicted molar refractivity (Wildman–Crippen MR) is 210 cm³/mol. The number of pyridine rings is 1. The van der Waals surface area contributed by atoms with E-state index in [1.807, 2.05) is 31.1 Å². The summed E-state index contributed by atoms with van der Waals surface area (Å²) in [6, 6.07) is 7.76. The second-order valence-corrected chi connectivity index (χ2v) is 18.2. The van der Waals surface area contributed by atoms with Gasteiger partial charge in [-0.3, -0.25) is 18.7 Å². The van der Waals surface area contributed by atoms with Crippen LogP contribution in [0.5, 0.6) is 0 Å². The standard InChI is InChI=1S/C37H50F3N9O5S2/c1-43(2)33-8-7-31-35(41-33)49(36(51)44(31)3)26-9-12-46(13-10-26)22-27(50)23-48-30-11-14-47(56(4,52)53)24-28(30)34(42-48)25-5-6-29(37(38,39)40)32(21-25)55-20-17-45-15-18-54-19-16-45/h5-8,21,26-27,50H,9-20,22-24H2,1-4H3. The van der Waals surface area contributed by atoms with Crippen LogP contribution in [0.4, 0.5) is 19.0 Å². The van der Waals surface area contributed by atoms with Crippen molar-refractivity contribution in [3.63, 3.8) is 0 Å². The topological polar surface area (TPSA) is 134 Å². The lowest BCUT2D eigenvalue weighted by Crippen LogP contribution is -2.42. The van der Waals surface area contributed by atoms with Crippen molar-refractivity contribution in [3.8, 4) is 11.3 Å². The van der Waals surface area contributed by atoms with E-state index in [-0.39, 0.29) is 36.3 Å². The zero-order valence-corrected chi connectivity index (χ0v) is 33.8. The molecule has 0 amide bonds. The maximum atomic E-state index is 14.2. The van der Waals surface area contributed by atoms with Crippen LogP contribution in [0.15, 0.2) is 40.0 Å². The number of rotatable bonds is 12. The van der Waals surface area contributed by atoms with Crippen molar-refractivity contribution in [2.45, 2.75) is 55.6 Å². The van der Waals surface area contributed by atoms with Crippen molar-refractivity contribution in [3.05, 3.63) is 57.6 Å². The molecule has 0 bridgehead atoms. The molecule has 306 valence electrons. The lowest BCUT2D eigenvalue weighted by molar-refractivity contribution is -0.139. The lowest BCUT2D eigenvalue weighted by Gasteiger charge is -2.33. The summed E-state index contributed by atoms with van der Waals surface area (Å²) < 4.78 is 79.8. The van der Waals surface area contributed by atoms with Gasteiger partial charge in [0.25, 0.3) is 0 Å². The fraction of sp³-hybridized carbons (Fsp3) is 0.595. The largest absolute Gasteiger partial charge is 0.417 e. The number of imidazole rings is 1. The smallest absolute Gasteiger partial charge is 0.390 e. The number of aryl methyl sites for hydroxylation is 1. The molecule has 7 rings (SSSR count). The second-order valence-electron chi connectivity index (χ2n) is 15.1. The molecule has 19 heteroatoms. The number of sulfonamides is 1. The van der Waals surface area contributed by atoms with Gasteiger partial charge in [-0.05, 0) is 37.1 Å². The molecule has 0 spiro atoms. The Morgan fingerprint density at radius 2 is 1.77 bits per heavy atom. The summed E-state index contributed by atoms with van der Waals surface area (Å²) in [5.74, 6) is 1.22. The van der Waals surface area contributed by atoms with Crippen LogP contribution in [0.3, 0.4) is 0 Å². The van der Waals surface area contributed by atoms with Gasteiger partial charge in [-0.1, -0.05) is 6.07 Å². The summed E-state index contributed by atoms with van der Waals surface area (Å²) in [7, 11) is 2.02. The Kier molecular flexibility index (Phi) is 11.9. The van der Waals surface area contributed by atoms with E-state index in [9.17, 15) is 31.5 Å². The van der Waals surface area contributed by atoms with Crippen molar-refractivity contribution in [2.24, 2.45) is 7.05 Å². The van der Waals surface area contributed by atoms with Crippen LogP contribution in [-0.2, 0) is 47.5 Å². The van der Waals surface area contributed by atoms with Crippen LogP contribution in [-0.4, -0.2) is 143 Å². The number of alkyl halides is 3. The van der Waals surface area contributed by atoms with E-state index in [0.717, 1.165) is 54.2 Å². The zero-order valence-electron chi connectivity index (χ0n) is 32.2. The van der Waals surface area contributed by atoms with Crippen molar-refractivity contribution >= 4 is 38.8 Å². The van der Waals surface area contributed by atoms with E-state index >= 15 is 0 Å². The van der Waals surface area contributed by atoms with E-state index < -0.39 is 27.9 Å². The molecule has 1 N–H and O–H groups in total. The molecule has 2 saturated heterocycles. The number of β-amino-alcohol motifs (C(OH)–C–C–N with tert-alkyl or cyclic N) is 1. The highest BCUT2D eigenvalue weighted by Crippen LogP contribution is 2.40. The summed E-state index contributed by atoms with van der Waals surface area (Å²) in [6.45, 7) is 5.34. The number of hydrogen-bond donors (Lipinski definition) is 1. The average molecular weight is 822 g/mol. The van der Waals surface area contributed by atoms with Crippen molar-refractivity contribution in [2.75, 3.05) is 90.0 Å². The number of hydrogen-bond acceptors (Lipinski definition) is 11. The van der Waals surface area contributed by atoms with Crippen LogP contribution in [0.1, 0.15) is 35.7 Å². The maximum Gasteiger partial charge on any atom is 0.417 e. The van der Waals surface area contributed by atoms with Gasteiger partial charge in [0.1, 0.15) is 5.82 Å². The second kappa shape index (κ2) is 16.4. The molecule has 2 fully saturated rings. The number of likely N-dealkylation sites (tertiary alicyclic amines) is 1.